The molecular formula is C26H31F2N7. The Bertz CT molecular complexity index is 1380. The van der Waals surface area contributed by atoms with Gasteiger partial charge in [-0.15, -0.1) is 5.10 Å². The second-order valence-electron chi connectivity index (χ2n) is 11.5. The van der Waals surface area contributed by atoms with E-state index in [0.717, 1.165) is 27.9 Å². The van der Waals surface area contributed by atoms with E-state index < -0.39 is 11.3 Å². The largest absolute Gasteiger partial charge is 0.350 e. The van der Waals surface area contributed by atoms with Crippen LogP contribution in [0.5, 0.6) is 0 Å². The lowest BCUT2D eigenvalue weighted by molar-refractivity contribution is -0.122. The smallest absolute Gasteiger partial charge is 0.248 e. The van der Waals surface area contributed by atoms with Gasteiger partial charge in [0.2, 0.25) is 11.9 Å². The van der Waals surface area contributed by atoms with Crippen LogP contribution in [0.3, 0.4) is 0 Å². The number of pyridine rings is 1. The highest BCUT2D eigenvalue weighted by Crippen LogP contribution is 2.56. The Kier molecular flexibility index (Phi) is 4.17. The Hall–Kier alpha value is -2.94. The highest BCUT2D eigenvalue weighted by Gasteiger charge is 2.57. The third kappa shape index (κ3) is 3.09. The summed E-state index contributed by atoms with van der Waals surface area (Å²) < 4.78 is 29.3. The van der Waals surface area contributed by atoms with Gasteiger partial charge in [-0.25, -0.2) is 28.3 Å². The molecule has 0 bridgehead atoms. The van der Waals surface area contributed by atoms with Gasteiger partial charge in [0, 0.05) is 73.6 Å². The molecule has 3 aromatic heterocycles. The average Bonchev–Trinajstić information content (AvgIpc) is 3.28. The predicted molar refractivity (Wildman–Crippen MR) is 133 cm³/mol. The quantitative estimate of drug-likeness (QED) is 0.573. The van der Waals surface area contributed by atoms with Crippen molar-refractivity contribution in [3.8, 4) is 11.1 Å². The maximum atomic E-state index is 13.7. The molecule has 2 aliphatic heterocycles. The molecule has 7 rings (SSSR count). The van der Waals surface area contributed by atoms with Crippen LogP contribution in [0.1, 0.15) is 46.5 Å². The van der Waals surface area contributed by atoms with Gasteiger partial charge >= 0.3 is 0 Å². The maximum Gasteiger partial charge on any atom is 0.248 e. The van der Waals surface area contributed by atoms with Gasteiger partial charge < -0.3 is 10.2 Å². The van der Waals surface area contributed by atoms with Crippen molar-refractivity contribution in [2.45, 2.75) is 56.9 Å². The number of fused-ring (bicyclic) bond motifs is 2. The molecule has 1 atom stereocenters. The number of aromatic nitrogens is 4. The number of anilines is 1. The minimum Gasteiger partial charge on any atom is -0.350 e. The number of nitrogens with one attached hydrogen (secondary N) is 1. The van der Waals surface area contributed by atoms with Gasteiger partial charge in [0.1, 0.15) is 0 Å². The minimum atomic E-state index is -2.57. The standard InChI is InChI=1S/C26H29F2N7.H2/c1-15-24(2,17-7-26(27,28)8-17)20-6-16(11-29-22(20)31-15)19-4-5-35-21(19)12-30-23(33-35)32-18-9-25(10-18)13-34(3)14-25;/h4-6,11-12,17-18H,7-10,13-14H2,1-3H3,(H,32,33);1H. The highest BCUT2D eigenvalue weighted by molar-refractivity contribution is 6.00. The van der Waals surface area contributed by atoms with E-state index in [1.54, 1.807) is 0 Å². The number of hydrogen-bond acceptors (Lipinski definition) is 6. The molecule has 1 spiro atoms. The normalized spacial score (nSPS) is 27.3. The molecule has 3 aromatic rings. The van der Waals surface area contributed by atoms with Crippen LogP contribution in [0, 0.1) is 11.3 Å². The van der Waals surface area contributed by atoms with Crippen molar-refractivity contribution in [1.82, 2.24) is 24.5 Å². The van der Waals surface area contributed by atoms with E-state index >= 15 is 0 Å². The van der Waals surface area contributed by atoms with E-state index in [1.807, 2.05) is 43.0 Å². The van der Waals surface area contributed by atoms with Crippen molar-refractivity contribution in [3.63, 3.8) is 0 Å². The summed E-state index contributed by atoms with van der Waals surface area (Å²) in [7, 11) is 2.17. The Labute approximate surface area is 204 Å². The van der Waals surface area contributed by atoms with Crippen LogP contribution >= 0.6 is 0 Å². The van der Waals surface area contributed by atoms with E-state index in [2.05, 4.69) is 43.4 Å². The lowest BCUT2D eigenvalue weighted by Crippen LogP contribution is -2.63. The number of hydrogen-bond donors (Lipinski definition) is 1. The van der Waals surface area contributed by atoms with Crippen LogP contribution in [0.4, 0.5) is 20.5 Å². The minimum absolute atomic E-state index is 0. The second kappa shape index (κ2) is 6.84. The SMILES string of the molecule is CC1=Nc2ncc(-c3ccn4nc(NC5CC6(C5)CN(C)C6)ncc34)cc2C1(C)C1CC(F)(F)C1.[HH]. The van der Waals surface area contributed by atoms with E-state index in [4.69, 9.17) is 0 Å². The van der Waals surface area contributed by atoms with Crippen molar-refractivity contribution in [2.75, 3.05) is 25.5 Å². The molecule has 184 valence electrons. The van der Waals surface area contributed by atoms with Crippen LogP contribution in [-0.2, 0) is 5.41 Å². The lowest BCUT2D eigenvalue weighted by atomic mass is 9.60. The lowest BCUT2D eigenvalue weighted by Gasteiger charge is -2.58. The first-order chi connectivity index (χ1) is 16.6. The zero-order valence-electron chi connectivity index (χ0n) is 20.2. The first-order valence-corrected chi connectivity index (χ1v) is 12.4. The summed E-state index contributed by atoms with van der Waals surface area (Å²) in [5.41, 5.74) is 4.57. The summed E-state index contributed by atoms with van der Waals surface area (Å²) in [6.45, 7) is 6.34. The molecule has 0 amide bonds. The number of alkyl halides is 2. The Morgan fingerprint density at radius 1 is 1.11 bits per heavy atom. The fourth-order valence-corrected chi connectivity index (χ4v) is 6.97. The van der Waals surface area contributed by atoms with Gasteiger partial charge in [0.05, 0.1) is 11.7 Å². The van der Waals surface area contributed by atoms with Crippen molar-refractivity contribution >= 4 is 23.0 Å². The molecule has 0 aromatic carbocycles. The number of rotatable bonds is 4. The fourth-order valence-electron chi connectivity index (χ4n) is 6.97. The monoisotopic (exact) mass is 479 g/mol. The van der Waals surface area contributed by atoms with E-state index in [0.29, 0.717) is 23.2 Å². The molecule has 2 saturated carbocycles. The van der Waals surface area contributed by atoms with Crippen LogP contribution < -0.4 is 5.32 Å². The number of aliphatic imine (C=N–C) groups is 1. The molecular weight excluding hydrogens is 448 g/mol. The van der Waals surface area contributed by atoms with Gasteiger partial charge in [-0.05, 0) is 57.2 Å². The van der Waals surface area contributed by atoms with E-state index in [9.17, 15) is 8.78 Å². The van der Waals surface area contributed by atoms with Gasteiger partial charge in [0.25, 0.3) is 0 Å². The fraction of sp³-hybridized carbons (Fsp3) is 0.538. The zero-order valence-corrected chi connectivity index (χ0v) is 20.2. The highest BCUT2D eigenvalue weighted by atomic mass is 19.3. The predicted octanol–water partition coefficient (Wildman–Crippen LogP) is 4.95. The molecule has 7 nitrogen and oxygen atoms in total. The first-order valence-electron chi connectivity index (χ1n) is 12.4. The molecule has 35 heavy (non-hydrogen) atoms. The van der Waals surface area contributed by atoms with E-state index in [1.165, 1.54) is 25.9 Å². The van der Waals surface area contributed by atoms with Gasteiger partial charge in [-0.1, -0.05) is 0 Å². The third-order valence-electron chi connectivity index (χ3n) is 8.99. The zero-order chi connectivity index (χ0) is 24.2. The van der Waals surface area contributed by atoms with Crippen molar-refractivity contribution < 1.29 is 10.2 Å². The molecule has 0 radical (unpaired) electrons. The molecule has 9 heteroatoms. The van der Waals surface area contributed by atoms with Crippen LogP contribution in [0.25, 0.3) is 16.6 Å². The van der Waals surface area contributed by atoms with E-state index in [-0.39, 0.29) is 20.2 Å². The number of likely N-dealkylation sites (tertiary alicyclic amines) is 1. The van der Waals surface area contributed by atoms with Gasteiger partial charge in [-0.3, -0.25) is 0 Å². The Morgan fingerprint density at radius 2 is 1.89 bits per heavy atom. The Morgan fingerprint density at radius 3 is 2.60 bits per heavy atom. The Balaban J connectivity index is 0.00000240. The summed E-state index contributed by atoms with van der Waals surface area (Å²) in [4.78, 5) is 16.2. The van der Waals surface area contributed by atoms with Crippen LogP contribution in [-0.4, -0.2) is 62.3 Å². The van der Waals surface area contributed by atoms with Crippen LogP contribution in [0.15, 0.2) is 35.7 Å². The second-order valence-corrected chi connectivity index (χ2v) is 11.5. The number of halogens is 2. The summed E-state index contributed by atoms with van der Waals surface area (Å²) in [5, 5.41) is 8.18. The molecule has 1 N–H and O–H groups in total. The average molecular weight is 480 g/mol. The summed E-state index contributed by atoms with van der Waals surface area (Å²) >= 11 is 0. The van der Waals surface area contributed by atoms with Crippen molar-refractivity contribution in [2.24, 2.45) is 16.3 Å². The van der Waals surface area contributed by atoms with Gasteiger partial charge in [-0.2, -0.15) is 0 Å². The summed E-state index contributed by atoms with van der Waals surface area (Å²) in [6, 6.07) is 4.51. The molecule has 3 fully saturated rings. The summed E-state index contributed by atoms with van der Waals surface area (Å²) in [5.74, 6) is -1.42. The first kappa shape index (κ1) is 21.4. The topological polar surface area (TPSA) is 70.7 Å². The maximum absolute atomic E-state index is 13.7. The van der Waals surface area contributed by atoms with Crippen molar-refractivity contribution in [3.05, 3.63) is 36.3 Å². The van der Waals surface area contributed by atoms with Crippen LogP contribution in [0.2, 0.25) is 0 Å². The molecule has 2 aliphatic carbocycles. The molecule has 1 saturated heterocycles. The summed E-state index contributed by atoms with van der Waals surface area (Å²) in [6.07, 6.45) is 7.72. The molecule has 4 aliphatic rings. The molecule has 1 unspecified atom stereocenters. The van der Waals surface area contributed by atoms with Gasteiger partial charge in [0.15, 0.2) is 5.82 Å². The molecule has 5 heterocycles. The van der Waals surface area contributed by atoms with Crippen molar-refractivity contribution in [1.29, 1.82) is 0 Å². The number of nitrogens with zero attached hydrogens (tertiary/aromatic N) is 6. The third-order valence-corrected chi connectivity index (χ3v) is 8.99.